The molecular weight excluding hydrogens is 394 g/mol. The molecule has 7 heteroatoms. The van der Waals surface area contributed by atoms with Gasteiger partial charge in [0.2, 0.25) is 5.91 Å². The molecule has 140 valence electrons. The lowest BCUT2D eigenvalue weighted by atomic mass is 10.2. The maximum absolute atomic E-state index is 12.6. The van der Waals surface area contributed by atoms with Crippen LogP contribution in [-0.4, -0.2) is 75.9 Å². The minimum atomic E-state index is -0.00111. The number of carbonyl (C=O) groups excluding carboxylic acids is 1. The molecule has 0 aliphatic carbocycles. The van der Waals surface area contributed by atoms with Crippen LogP contribution in [0.15, 0.2) is 22.7 Å². The fourth-order valence-electron chi connectivity index (χ4n) is 3.99. The minimum absolute atomic E-state index is 0.00111. The van der Waals surface area contributed by atoms with Crippen LogP contribution in [-0.2, 0) is 11.3 Å². The summed E-state index contributed by atoms with van der Waals surface area (Å²) < 4.78 is 1.06. The quantitative estimate of drug-likeness (QED) is 0.826. The zero-order chi connectivity index (χ0) is 18.1. The van der Waals surface area contributed by atoms with E-state index in [-0.39, 0.29) is 6.04 Å². The van der Waals surface area contributed by atoms with Crippen LogP contribution in [0.5, 0.6) is 0 Å². The molecule has 1 amide bonds. The SMILES string of the molecule is C[C@@H](C(=O)N1CCCC1)N1CCN(Cc2nc3ccc(Br)cc3[nH]2)CC1. The van der Waals surface area contributed by atoms with E-state index in [1.165, 1.54) is 0 Å². The Balaban J connectivity index is 1.32. The Hall–Kier alpha value is -1.44. The number of nitrogens with zero attached hydrogens (tertiary/aromatic N) is 4. The molecule has 1 aromatic carbocycles. The van der Waals surface area contributed by atoms with Crippen LogP contribution in [0.2, 0.25) is 0 Å². The van der Waals surface area contributed by atoms with E-state index < -0.39 is 0 Å². The number of aromatic amines is 1. The van der Waals surface area contributed by atoms with Crippen LogP contribution >= 0.6 is 15.9 Å². The van der Waals surface area contributed by atoms with Gasteiger partial charge >= 0.3 is 0 Å². The Kier molecular flexibility index (Phi) is 5.29. The number of hydrogen-bond donors (Lipinski definition) is 1. The molecule has 1 atom stereocenters. The summed E-state index contributed by atoms with van der Waals surface area (Å²) in [5.74, 6) is 1.31. The maximum atomic E-state index is 12.6. The highest BCUT2D eigenvalue weighted by Gasteiger charge is 2.30. The van der Waals surface area contributed by atoms with E-state index in [2.05, 4.69) is 43.7 Å². The predicted molar refractivity (Wildman–Crippen MR) is 106 cm³/mol. The molecule has 0 saturated carbocycles. The van der Waals surface area contributed by atoms with Crippen LogP contribution in [0.3, 0.4) is 0 Å². The molecule has 0 bridgehead atoms. The third kappa shape index (κ3) is 3.80. The second-order valence-electron chi connectivity index (χ2n) is 7.37. The first-order valence-electron chi connectivity index (χ1n) is 9.49. The van der Waals surface area contributed by atoms with E-state index in [0.717, 1.165) is 80.0 Å². The highest BCUT2D eigenvalue weighted by Crippen LogP contribution is 2.19. The molecule has 0 radical (unpaired) electrons. The number of amides is 1. The number of hydrogen-bond acceptors (Lipinski definition) is 4. The Morgan fingerprint density at radius 3 is 2.65 bits per heavy atom. The van der Waals surface area contributed by atoms with Gasteiger partial charge in [-0.1, -0.05) is 15.9 Å². The predicted octanol–water partition coefficient (Wildman–Crippen LogP) is 2.45. The van der Waals surface area contributed by atoms with E-state index in [1.54, 1.807) is 0 Å². The molecule has 2 aromatic rings. The Morgan fingerprint density at radius 2 is 1.92 bits per heavy atom. The van der Waals surface area contributed by atoms with E-state index in [0.29, 0.717) is 5.91 Å². The molecular formula is C19H26BrN5O. The van der Waals surface area contributed by atoms with Crippen LogP contribution in [0, 0.1) is 0 Å². The number of imidazole rings is 1. The first-order chi connectivity index (χ1) is 12.6. The lowest BCUT2D eigenvalue weighted by Gasteiger charge is -2.38. The first-order valence-corrected chi connectivity index (χ1v) is 10.3. The fourth-order valence-corrected chi connectivity index (χ4v) is 4.35. The average molecular weight is 420 g/mol. The van der Waals surface area contributed by atoms with Crippen molar-refractivity contribution in [2.24, 2.45) is 0 Å². The van der Waals surface area contributed by atoms with Gasteiger partial charge in [0.25, 0.3) is 0 Å². The number of halogens is 1. The number of H-pyrrole nitrogens is 1. The minimum Gasteiger partial charge on any atom is -0.341 e. The summed E-state index contributed by atoms with van der Waals surface area (Å²) in [6, 6.07) is 6.11. The molecule has 2 aliphatic rings. The zero-order valence-corrected chi connectivity index (χ0v) is 16.8. The molecule has 1 N–H and O–H groups in total. The van der Waals surface area contributed by atoms with Crippen molar-refractivity contribution in [1.29, 1.82) is 0 Å². The second kappa shape index (κ2) is 7.66. The molecule has 3 heterocycles. The van der Waals surface area contributed by atoms with Gasteiger partial charge < -0.3 is 9.88 Å². The topological polar surface area (TPSA) is 55.5 Å². The molecule has 2 aliphatic heterocycles. The van der Waals surface area contributed by atoms with Gasteiger partial charge in [-0.15, -0.1) is 0 Å². The van der Waals surface area contributed by atoms with Crippen molar-refractivity contribution in [2.75, 3.05) is 39.3 Å². The van der Waals surface area contributed by atoms with Gasteiger partial charge in [-0.05, 0) is 38.0 Å². The highest BCUT2D eigenvalue weighted by atomic mass is 79.9. The molecule has 2 saturated heterocycles. The van der Waals surface area contributed by atoms with E-state index in [9.17, 15) is 4.79 Å². The normalized spacial score (nSPS) is 20.8. The van der Waals surface area contributed by atoms with Crippen molar-refractivity contribution in [3.05, 3.63) is 28.5 Å². The molecule has 6 nitrogen and oxygen atoms in total. The summed E-state index contributed by atoms with van der Waals surface area (Å²) in [4.78, 5) is 27.5. The first kappa shape index (κ1) is 17.9. The summed E-state index contributed by atoms with van der Waals surface area (Å²) in [7, 11) is 0. The van der Waals surface area contributed by atoms with Gasteiger partial charge in [-0.25, -0.2) is 4.98 Å². The third-order valence-electron chi connectivity index (χ3n) is 5.60. The van der Waals surface area contributed by atoms with Gasteiger partial charge in [-0.3, -0.25) is 14.6 Å². The van der Waals surface area contributed by atoms with E-state index in [1.807, 2.05) is 17.0 Å². The molecule has 0 unspecified atom stereocenters. The summed E-state index contributed by atoms with van der Waals surface area (Å²) >= 11 is 3.50. The number of aromatic nitrogens is 2. The smallest absolute Gasteiger partial charge is 0.239 e. The van der Waals surface area contributed by atoms with Crippen molar-refractivity contribution >= 4 is 32.9 Å². The zero-order valence-electron chi connectivity index (χ0n) is 15.2. The Labute approximate surface area is 162 Å². The highest BCUT2D eigenvalue weighted by molar-refractivity contribution is 9.10. The third-order valence-corrected chi connectivity index (χ3v) is 6.09. The lowest BCUT2D eigenvalue weighted by Crippen LogP contribution is -2.54. The van der Waals surface area contributed by atoms with Crippen LogP contribution in [0.1, 0.15) is 25.6 Å². The van der Waals surface area contributed by atoms with Gasteiger partial charge in [0.15, 0.2) is 0 Å². The summed E-state index contributed by atoms with van der Waals surface area (Å²) in [5.41, 5.74) is 2.07. The summed E-state index contributed by atoms with van der Waals surface area (Å²) in [5, 5.41) is 0. The molecule has 1 aromatic heterocycles. The van der Waals surface area contributed by atoms with Crippen molar-refractivity contribution < 1.29 is 4.79 Å². The number of rotatable bonds is 4. The van der Waals surface area contributed by atoms with Crippen molar-refractivity contribution in [3.63, 3.8) is 0 Å². The number of nitrogens with one attached hydrogen (secondary N) is 1. The maximum Gasteiger partial charge on any atom is 0.239 e. The summed E-state index contributed by atoms with van der Waals surface area (Å²) in [6.45, 7) is 8.58. The van der Waals surface area contributed by atoms with Gasteiger partial charge in [0, 0.05) is 43.7 Å². The van der Waals surface area contributed by atoms with Crippen molar-refractivity contribution in [2.45, 2.75) is 32.4 Å². The van der Waals surface area contributed by atoms with E-state index >= 15 is 0 Å². The summed E-state index contributed by atoms with van der Waals surface area (Å²) in [6.07, 6.45) is 2.31. The number of likely N-dealkylation sites (tertiary alicyclic amines) is 1. The average Bonchev–Trinajstić information content (AvgIpc) is 3.30. The molecule has 2 fully saturated rings. The molecule has 26 heavy (non-hydrogen) atoms. The number of fused-ring (bicyclic) bond motifs is 1. The Morgan fingerprint density at radius 1 is 1.19 bits per heavy atom. The number of carbonyl (C=O) groups is 1. The van der Waals surface area contributed by atoms with Crippen LogP contribution < -0.4 is 0 Å². The number of benzene rings is 1. The van der Waals surface area contributed by atoms with Crippen molar-refractivity contribution in [3.8, 4) is 0 Å². The van der Waals surface area contributed by atoms with Crippen LogP contribution in [0.25, 0.3) is 11.0 Å². The van der Waals surface area contributed by atoms with E-state index in [4.69, 9.17) is 4.98 Å². The van der Waals surface area contributed by atoms with Gasteiger partial charge in [0.1, 0.15) is 5.82 Å². The molecule has 4 rings (SSSR count). The van der Waals surface area contributed by atoms with Crippen LogP contribution in [0.4, 0.5) is 0 Å². The standard InChI is InChI=1S/C19H26BrN5O/c1-14(19(26)25-6-2-3-7-25)24-10-8-23(9-11-24)13-18-21-16-5-4-15(20)12-17(16)22-18/h4-5,12,14H,2-3,6-11,13H2,1H3,(H,21,22)/t14-/m0/s1. The number of piperazine rings is 1. The van der Waals surface area contributed by atoms with Gasteiger partial charge in [-0.2, -0.15) is 0 Å². The second-order valence-corrected chi connectivity index (χ2v) is 8.28. The lowest BCUT2D eigenvalue weighted by molar-refractivity contribution is -0.136. The largest absolute Gasteiger partial charge is 0.341 e. The fraction of sp³-hybridized carbons (Fsp3) is 0.579. The van der Waals surface area contributed by atoms with Crippen molar-refractivity contribution in [1.82, 2.24) is 24.7 Å². The van der Waals surface area contributed by atoms with Gasteiger partial charge in [0.05, 0.1) is 23.6 Å². The Bertz CT molecular complexity index is 777. The molecule has 0 spiro atoms. The monoisotopic (exact) mass is 419 g/mol.